The Morgan fingerprint density at radius 1 is 1.35 bits per heavy atom. The van der Waals surface area contributed by atoms with E-state index in [-0.39, 0.29) is 17.5 Å². The van der Waals surface area contributed by atoms with Crippen LogP contribution in [0.4, 0.5) is 4.79 Å². The topological polar surface area (TPSA) is 108 Å². The van der Waals surface area contributed by atoms with Gasteiger partial charge in [-0.2, -0.15) is 17.0 Å². The van der Waals surface area contributed by atoms with Gasteiger partial charge >= 0.3 is 6.03 Å². The molecule has 4 rings (SSSR count). The molecule has 134 valence electrons. The smallest absolute Gasteiger partial charge is 0.321 e. The fourth-order valence-electron chi connectivity index (χ4n) is 4.61. The highest BCUT2D eigenvalue weighted by Crippen LogP contribution is 2.54. The molecule has 1 spiro atoms. The van der Waals surface area contributed by atoms with Crippen LogP contribution in [0.1, 0.15) is 17.9 Å². The Bertz CT molecular complexity index is 880. The number of halogens is 1. The minimum atomic E-state index is -0.793. The lowest BCUT2D eigenvalue weighted by Crippen LogP contribution is -2.73. The second-order valence-corrected chi connectivity index (χ2v) is 8.39. The number of hydrogen-bond acceptors (Lipinski definition) is 5. The zero-order valence-corrected chi connectivity index (χ0v) is 15.4. The molecule has 2 fully saturated rings. The van der Waals surface area contributed by atoms with Gasteiger partial charge in [0.1, 0.15) is 5.92 Å². The quantitative estimate of drug-likeness (QED) is 0.682. The van der Waals surface area contributed by atoms with Crippen LogP contribution in [0.25, 0.3) is 0 Å². The molecule has 1 aromatic carbocycles. The molecule has 2 aliphatic heterocycles. The molecule has 0 radical (unpaired) electrons. The van der Waals surface area contributed by atoms with Crippen LogP contribution < -0.4 is 16.4 Å². The van der Waals surface area contributed by atoms with E-state index in [1.807, 2.05) is 18.2 Å². The van der Waals surface area contributed by atoms with E-state index < -0.39 is 23.4 Å². The van der Waals surface area contributed by atoms with E-state index in [1.165, 1.54) is 0 Å². The highest BCUT2D eigenvalue weighted by Gasteiger charge is 2.61. The molecule has 3 amide bonds. The second-order valence-electron chi connectivity index (χ2n) is 6.83. The number of carbonyl (C=O) groups excluding carboxylic acids is 2. The monoisotopic (exact) mass is 388 g/mol. The summed E-state index contributed by atoms with van der Waals surface area (Å²) in [5, 5.41) is 15.7. The number of allylic oxidation sites excluding steroid dienone is 1. The van der Waals surface area contributed by atoms with Gasteiger partial charge in [0.15, 0.2) is 0 Å². The summed E-state index contributed by atoms with van der Waals surface area (Å²) in [6.45, 7) is 0. The Morgan fingerprint density at radius 3 is 2.85 bits per heavy atom. The van der Waals surface area contributed by atoms with Crippen molar-refractivity contribution in [1.29, 1.82) is 5.26 Å². The standard InChI is InChI=1S/C18H17ClN4O2S/c19-12-4-2-1-3-9(12)13-10(7-20)15(21)14-16(24)22-17(25)23-18(14)5-6-26-8-11(13)18/h1-4,11,13-14H,5-6,8,21H2,(H2,22,23,24,25)/t11-,13+,14-,18-/m1/s1. The van der Waals surface area contributed by atoms with Gasteiger partial charge in [0.2, 0.25) is 5.91 Å². The number of rotatable bonds is 1. The van der Waals surface area contributed by atoms with Crippen LogP contribution in [0, 0.1) is 23.2 Å². The summed E-state index contributed by atoms with van der Waals surface area (Å²) in [4.78, 5) is 24.8. The van der Waals surface area contributed by atoms with Crippen molar-refractivity contribution in [3.63, 3.8) is 0 Å². The number of nitrogens with one attached hydrogen (secondary N) is 2. The van der Waals surface area contributed by atoms with Crippen LogP contribution in [0.3, 0.4) is 0 Å². The van der Waals surface area contributed by atoms with Crippen molar-refractivity contribution in [1.82, 2.24) is 10.6 Å². The molecule has 4 atom stereocenters. The van der Waals surface area contributed by atoms with Gasteiger partial charge in [-0.3, -0.25) is 10.1 Å². The van der Waals surface area contributed by atoms with Gasteiger partial charge in [-0.1, -0.05) is 29.8 Å². The normalized spacial score (nSPS) is 33.5. The summed E-state index contributed by atoms with van der Waals surface area (Å²) >= 11 is 8.20. The SMILES string of the molecule is N#CC1=C(N)[C@@H]2C(=O)NC(=O)N[C@@]23CCSC[C@@H]3[C@H]1c1ccccc1Cl. The Balaban J connectivity index is 1.98. The number of benzene rings is 1. The minimum Gasteiger partial charge on any atom is -0.400 e. The largest absolute Gasteiger partial charge is 0.400 e. The predicted molar refractivity (Wildman–Crippen MR) is 99.3 cm³/mol. The molecule has 4 N–H and O–H groups in total. The number of nitrogens with zero attached hydrogens (tertiary/aromatic N) is 1. The van der Waals surface area contributed by atoms with Crippen molar-refractivity contribution < 1.29 is 9.59 Å². The number of amides is 3. The van der Waals surface area contributed by atoms with Crippen LogP contribution in [0.2, 0.25) is 5.02 Å². The van der Waals surface area contributed by atoms with E-state index in [1.54, 1.807) is 17.8 Å². The number of urea groups is 1. The van der Waals surface area contributed by atoms with Crippen molar-refractivity contribution in [2.24, 2.45) is 17.6 Å². The van der Waals surface area contributed by atoms with E-state index in [0.717, 1.165) is 11.3 Å². The molecule has 3 aliphatic rings. The van der Waals surface area contributed by atoms with Gasteiger partial charge in [-0.05, 0) is 29.6 Å². The number of carbonyl (C=O) groups is 2. The Labute approximate surface area is 160 Å². The predicted octanol–water partition coefficient (Wildman–Crippen LogP) is 2.12. The summed E-state index contributed by atoms with van der Waals surface area (Å²) in [5.41, 5.74) is 6.97. The lowest BCUT2D eigenvalue weighted by molar-refractivity contribution is -0.128. The number of nitrogens with two attached hydrogens (primary N) is 1. The molecule has 1 aromatic rings. The van der Waals surface area contributed by atoms with Gasteiger partial charge in [-0.25, -0.2) is 4.79 Å². The van der Waals surface area contributed by atoms with Crippen molar-refractivity contribution >= 4 is 35.3 Å². The third-order valence-electron chi connectivity index (χ3n) is 5.68. The molecule has 0 saturated carbocycles. The summed E-state index contributed by atoms with van der Waals surface area (Å²) in [6, 6.07) is 9.08. The average molecular weight is 389 g/mol. The maximum Gasteiger partial charge on any atom is 0.321 e. The van der Waals surface area contributed by atoms with Gasteiger partial charge in [0.05, 0.1) is 17.2 Å². The molecular weight excluding hydrogens is 372 g/mol. The van der Waals surface area contributed by atoms with Crippen LogP contribution in [0.5, 0.6) is 0 Å². The summed E-state index contributed by atoms with van der Waals surface area (Å²) in [7, 11) is 0. The average Bonchev–Trinajstić information content (AvgIpc) is 2.60. The van der Waals surface area contributed by atoms with E-state index in [4.69, 9.17) is 17.3 Å². The van der Waals surface area contributed by atoms with Gasteiger partial charge < -0.3 is 11.1 Å². The first-order chi connectivity index (χ1) is 12.5. The van der Waals surface area contributed by atoms with E-state index >= 15 is 0 Å². The fourth-order valence-corrected chi connectivity index (χ4v) is 6.26. The van der Waals surface area contributed by atoms with Crippen LogP contribution in [0.15, 0.2) is 35.5 Å². The number of hydrogen-bond donors (Lipinski definition) is 3. The van der Waals surface area contributed by atoms with Crippen LogP contribution in [-0.2, 0) is 4.79 Å². The second kappa shape index (κ2) is 6.22. The third-order valence-corrected chi connectivity index (χ3v) is 7.11. The summed E-state index contributed by atoms with van der Waals surface area (Å²) in [6.07, 6.45) is 0.618. The molecular formula is C18H17ClN4O2S. The molecule has 0 aromatic heterocycles. The van der Waals surface area contributed by atoms with Crippen molar-refractivity contribution in [2.45, 2.75) is 17.9 Å². The maximum atomic E-state index is 12.6. The van der Waals surface area contributed by atoms with Gasteiger partial charge in [0.25, 0.3) is 0 Å². The van der Waals surface area contributed by atoms with Crippen LogP contribution >= 0.6 is 23.4 Å². The Morgan fingerprint density at radius 2 is 2.12 bits per heavy atom. The highest BCUT2D eigenvalue weighted by atomic mass is 35.5. The van der Waals surface area contributed by atoms with Crippen LogP contribution in [-0.4, -0.2) is 29.0 Å². The molecule has 26 heavy (non-hydrogen) atoms. The number of nitriles is 1. The van der Waals surface area contributed by atoms with E-state index in [0.29, 0.717) is 22.8 Å². The first-order valence-corrected chi connectivity index (χ1v) is 9.87. The molecule has 6 nitrogen and oxygen atoms in total. The fraction of sp³-hybridized carbons (Fsp3) is 0.389. The maximum absolute atomic E-state index is 12.6. The molecule has 0 bridgehead atoms. The van der Waals surface area contributed by atoms with E-state index in [9.17, 15) is 14.9 Å². The summed E-state index contributed by atoms with van der Waals surface area (Å²) in [5.74, 6) is -0.163. The molecule has 2 saturated heterocycles. The lowest BCUT2D eigenvalue weighted by atomic mass is 9.58. The van der Waals surface area contributed by atoms with E-state index in [2.05, 4.69) is 16.7 Å². The van der Waals surface area contributed by atoms with Gasteiger partial charge in [-0.15, -0.1) is 0 Å². The summed E-state index contributed by atoms with van der Waals surface area (Å²) < 4.78 is 0. The minimum absolute atomic E-state index is 0.150. The number of thioether (sulfide) groups is 1. The van der Waals surface area contributed by atoms with Crippen molar-refractivity contribution in [2.75, 3.05) is 11.5 Å². The Kier molecular flexibility index (Phi) is 4.13. The zero-order valence-electron chi connectivity index (χ0n) is 13.8. The highest BCUT2D eigenvalue weighted by molar-refractivity contribution is 7.99. The van der Waals surface area contributed by atoms with Crippen molar-refractivity contribution in [3.8, 4) is 6.07 Å². The first kappa shape index (κ1) is 17.3. The van der Waals surface area contributed by atoms with Crippen molar-refractivity contribution in [3.05, 3.63) is 46.1 Å². The Hall–Kier alpha value is -2.17. The lowest BCUT2D eigenvalue weighted by Gasteiger charge is -2.56. The first-order valence-electron chi connectivity index (χ1n) is 8.34. The molecule has 8 heteroatoms. The number of imide groups is 1. The molecule has 0 unspecified atom stereocenters. The third kappa shape index (κ3) is 2.32. The zero-order chi connectivity index (χ0) is 18.5. The van der Waals surface area contributed by atoms with Gasteiger partial charge in [0, 0.05) is 22.6 Å². The molecule has 2 heterocycles. The molecule has 1 aliphatic carbocycles.